The molecule has 0 bridgehead atoms. The van der Waals surface area contributed by atoms with Crippen molar-refractivity contribution >= 4 is 27.0 Å². The number of aryl methyl sites for hydroxylation is 1. The first-order chi connectivity index (χ1) is 13.0. The molecule has 1 aromatic carbocycles. The quantitative estimate of drug-likeness (QED) is 0.789. The maximum Gasteiger partial charge on any atom is 0.320 e. The third-order valence-electron chi connectivity index (χ3n) is 5.31. The summed E-state index contributed by atoms with van der Waals surface area (Å²) in [6.07, 6.45) is 3.79. The van der Waals surface area contributed by atoms with Crippen molar-refractivity contribution in [3.05, 3.63) is 36.0 Å². The minimum Gasteiger partial charge on any atom is -0.325 e. The topological polar surface area (TPSA) is 73.8 Å². The fourth-order valence-corrected chi connectivity index (χ4v) is 5.41. The van der Waals surface area contributed by atoms with E-state index in [9.17, 15) is 13.2 Å². The number of benzene rings is 1. The zero-order chi connectivity index (χ0) is 19.0. The number of likely N-dealkylation sites (tertiary alicyclic amines) is 1. The number of pyridine rings is 1. The Bertz CT molecular complexity index is 962. The van der Waals surface area contributed by atoms with Crippen molar-refractivity contribution in [2.75, 3.05) is 39.3 Å². The number of aromatic nitrogens is 1. The highest BCUT2D eigenvalue weighted by Gasteiger charge is 2.33. The van der Waals surface area contributed by atoms with E-state index in [0.717, 1.165) is 36.9 Å². The first-order valence-corrected chi connectivity index (χ1v) is 10.8. The van der Waals surface area contributed by atoms with Crippen LogP contribution in [0.15, 0.2) is 35.4 Å². The SMILES string of the molecule is Cc1cnc2c(S(=O)(=O)N3CCN(C(=O)N4CCCC4)CC3)cccc2c1. The molecule has 0 unspecified atom stereocenters. The molecule has 0 atom stereocenters. The number of para-hydroxylation sites is 1. The van der Waals surface area contributed by atoms with Crippen molar-refractivity contribution in [1.82, 2.24) is 19.1 Å². The normalized spacial score (nSPS) is 19.0. The van der Waals surface area contributed by atoms with Gasteiger partial charge in [0.05, 0.1) is 5.52 Å². The summed E-state index contributed by atoms with van der Waals surface area (Å²) in [5, 5.41) is 0.818. The van der Waals surface area contributed by atoms with Gasteiger partial charge in [0.2, 0.25) is 10.0 Å². The van der Waals surface area contributed by atoms with Gasteiger partial charge in [0, 0.05) is 50.9 Å². The Morgan fingerprint density at radius 1 is 1.00 bits per heavy atom. The smallest absolute Gasteiger partial charge is 0.320 e. The van der Waals surface area contributed by atoms with Crippen molar-refractivity contribution < 1.29 is 13.2 Å². The van der Waals surface area contributed by atoms with Gasteiger partial charge in [-0.2, -0.15) is 4.31 Å². The van der Waals surface area contributed by atoms with Crippen LogP contribution in [0.1, 0.15) is 18.4 Å². The number of fused-ring (bicyclic) bond motifs is 1. The molecule has 2 amide bonds. The molecule has 0 aliphatic carbocycles. The zero-order valence-electron chi connectivity index (χ0n) is 15.5. The Morgan fingerprint density at radius 2 is 1.67 bits per heavy atom. The molecule has 27 heavy (non-hydrogen) atoms. The van der Waals surface area contributed by atoms with E-state index in [4.69, 9.17) is 0 Å². The molecule has 0 radical (unpaired) electrons. The van der Waals surface area contributed by atoms with Gasteiger partial charge in [-0.1, -0.05) is 12.1 Å². The van der Waals surface area contributed by atoms with Crippen LogP contribution in [0.3, 0.4) is 0 Å². The lowest BCUT2D eigenvalue weighted by Crippen LogP contribution is -2.53. The Hall–Kier alpha value is -2.19. The highest BCUT2D eigenvalue weighted by atomic mass is 32.2. The molecule has 2 aliphatic rings. The lowest BCUT2D eigenvalue weighted by Gasteiger charge is -2.36. The minimum atomic E-state index is -3.65. The summed E-state index contributed by atoms with van der Waals surface area (Å²) < 4.78 is 27.9. The molecule has 2 aromatic rings. The van der Waals surface area contributed by atoms with E-state index in [0.29, 0.717) is 31.7 Å². The Balaban J connectivity index is 1.53. The van der Waals surface area contributed by atoms with Gasteiger partial charge < -0.3 is 9.80 Å². The van der Waals surface area contributed by atoms with Gasteiger partial charge in [-0.15, -0.1) is 0 Å². The molecule has 7 nitrogen and oxygen atoms in total. The van der Waals surface area contributed by atoms with Crippen LogP contribution in [0.5, 0.6) is 0 Å². The lowest BCUT2D eigenvalue weighted by molar-refractivity contribution is 0.142. The van der Waals surface area contributed by atoms with E-state index in [1.165, 1.54) is 4.31 Å². The number of carbonyl (C=O) groups excluding carboxylic acids is 1. The first kappa shape index (κ1) is 18.2. The lowest BCUT2D eigenvalue weighted by atomic mass is 10.2. The van der Waals surface area contributed by atoms with E-state index in [1.54, 1.807) is 23.2 Å². The number of hydrogen-bond donors (Lipinski definition) is 0. The van der Waals surface area contributed by atoms with E-state index in [1.807, 2.05) is 24.0 Å². The Morgan fingerprint density at radius 3 is 2.37 bits per heavy atom. The maximum atomic E-state index is 13.2. The third kappa shape index (κ3) is 3.39. The summed E-state index contributed by atoms with van der Waals surface area (Å²) in [6.45, 7) is 5.01. The number of amides is 2. The molecule has 1 aromatic heterocycles. The third-order valence-corrected chi connectivity index (χ3v) is 7.24. The second kappa shape index (κ2) is 7.09. The Labute approximate surface area is 159 Å². The van der Waals surface area contributed by atoms with Crippen LogP contribution in [0.2, 0.25) is 0 Å². The van der Waals surface area contributed by atoms with Gasteiger partial charge in [0.15, 0.2) is 0 Å². The second-order valence-corrected chi connectivity index (χ2v) is 9.11. The zero-order valence-corrected chi connectivity index (χ0v) is 16.3. The van der Waals surface area contributed by atoms with E-state index < -0.39 is 10.0 Å². The summed E-state index contributed by atoms with van der Waals surface area (Å²) in [4.78, 5) is 20.7. The number of rotatable bonds is 2. The molecule has 8 heteroatoms. The molecule has 2 saturated heterocycles. The number of hydrogen-bond acceptors (Lipinski definition) is 4. The van der Waals surface area contributed by atoms with E-state index in [2.05, 4.69) is 4.98 Å². The van der Waals surface area contributed by atoms with Gasteiger partial charge in [0.1, 0.15) is 4.90 Å². The van der Waals surface area contributed by atoms with Crippen LogP contribution in [0.4, 0.5) is 4.79 Å². The predicted molar refractivity (Wildman–Crippen MR) is 103 cm³/mol. The maximum absolute atomic E-state index is 13.2. The highest BCUT2D eigenvalue weighted by molar-refractivity contribution is 7.89. The number of nitrogens with zero attached hydrogens (tertiary/aromatic N) is 4. The first-order valence-electron chi connectivity index (χ1n) is 9.36. The molecule has 0 saturated carbocycles. The number of piperazine rings is 1. The monoisotopic (exact) mass is 388 g/mol. The van der Waals surface area contributed by atoms with Crippen molar-refractivity contribution in [2.24, 2.45) is 0 Å². The van der Waals surface area contributed by atoms with Crippen molar-refractivity contribution in [1.29, 1.82) is 0 Å². The van der Waals surface area contributed by atoms with Crippen LogP contribution in [0, 0.1) is 6.92 Å². The van der Waals surface area contributed by atoms with Crippen LogP contribution >= 0.6 is 0 Å². The van der Waals surface area contributed by atoms with Crippen molar-refractivity contribution in [2.45, 2.75) is 24.7 Å². The largest absolute Gasteiger partial charge is 0.325 e. The van der Waals surface area contributed by atoms with Crippen molar-refractivity contribution in [3.63, 3.8) is 0 Å². The standard InChI is InChI=1S/C19H24N4O3S/c1-15-13-16-5-4-6-17(18(16)20-14-15)27(25,26)23-11-9-22(10-12-23)19(24)21-7-2-3-8-21/h4-6,13-14H,2-3,7-12H2,1H3. The van der Waals surface area contributed by atoms with Gasteiger partial charge in [0.25, 0.3) is 0 Å². The summed E-state index contributed by atoms with van der Waals surface area (Å²) in [5.41, 5.74) is 1.49. The van der Waals surface area contributed by atoms with E-state index in [-0.39, 0.29) is 10.9 Å². The van der Waals surface area contributed by atoms with Crippen molar-refractivity contribution in [3.8, 4) is 0 Å². The molecule has 0 spiro atoms. The molecular weight excluding hydrogens is 364 g/mol. The van der Waals surface area contributed by atoms with Crippen LogP contribution in [-0.4, -0.2) is 72.8 Å². The molecular formula is C19H24N4O3S. The van der Waals surface area contributed by atoms with Gasteiger partial charge in [-0.05, 0) is 37.5 Å². The average molecular weight is 388 g/mol. The predicted octanol–water partition coefficient (Wildman–Crippen LogP) is 2.07. The van der Waals surface area contributed by atoms with Crippen LogP contribution in [-0.2, 0) is 10.0 Å². The summed E-state index contributed by atoms with van der Waals surface area (Å²) in [7, 11) is -3.65. The summed E-state index contributed by atoms with van der Waals surface area (Å²) >= 11 is 0. The van der Waals surface area contributed by atoms with Crippen LogP contribution < -0.4 is 0 Å². The molecule has 0 N–H and O–H groups in total. The minimum absolute atomic E-state index is 0.0341. The fourth-order valence-electron chi connectivity index (χ4n) is 3.82. The van der Waals surface area contributed by atoms with E-state index >= 15 is 0 Å². The fraction of sp³-hybridized carbons (Fsp3) is 0.474. The number of carbonyl (C=O) groups is 1. The number of urea groups is 1. The molecule has 2 aliphatic heterocycles. The molecule has 144 valence electrons. The highest BCUT2D eigenvalue weighted by Crippen LogP contribution is 2.26. The average Bonchev–Trinajstić information content (AvgIpc) is 3.21. The van der Waals surface area contributed by atoms with Gasteiger partial charge in [-0.25, -0.2) is 13.2 Å². The van der Waals surface area contributed by atoms with Crippen LogP contribution in [0.25, 0.3) is 10.9 Å². The second-order valence-electron chi connectivity index (χ2n) is 7.21. The summed E-state index contributed by atoms with van der Waals surface area (Å²) in [6, 6.07) is 7.21. The van der Waals surface area contributed by atoms with Gasteiger partial charge >= 0.3 is 6.03 Å². The molecule has 2 fully saturated rings. The summed E-state index contributed by atoms with van der Waals surface area (Å²) in [5.74, 6) is 0. The number of sulfonamides is 1. The molecule has 3 heterocycles. The Kier molecular flexibility index (Phi) is 4.77. The molecule has 4 rings (SSSR count). The van der Waals surface area contributed by atoms with Gasteiger partial charge in [-0.3, -0.25) is 4.98 Å².